The highest BCUT2D eigenvalue weighted by Gasteiger charge is 2.26. The van der Waals surface area contributed by atoms with Crippen molar-refractivity contribution in [1.82, 2.24) is 15.6 Å². The predicted octanol–water partition coefficient (Wildman–Crippen LogP) is 4.37. The van der Waals surface area contributed by atoms with Gasteiger partial charge >= 0.3 is 16.4 Å². The Morgan fingerprint density at radius 3 is 2.24 bits per heavy atom. The second kappa shape index (κ2) is 12.2. The molecule has 4 aromatic rings. The number of thiophene rings is 1. The quantitative estimate of drug-likeness (QED) is 0.167. The van der Waals surface area contributed by atoms with Crippen LogP contribution >= 0.6 is 22.7 Å². The number of hydrogen-bond acceptors (Lipinski definition) is 7. The molecule has 0 saturated carbocycles. The lowest BCUT2D eigenvalue weighted by Gasteiger charge is -2.22. The average molecular weight is 573 g/mol. The fourth-order valence-corrected chi connectivity index (χ4v) is 5.88. The van der Waals surface area contributed by atoms with Gasteiger partial charge in [-0.2, -0.15) is 8.42 Å². The van der Waals surface area contributed by atoms with Crippen molar-refractivity contribution in [2.24, 2.45) is 0 Å². The molecular weight excluding hydrogens is 548 g/mol. The number of nitrogens with one attached hydrogen (secondary N) is 3. The van der Waals surface area contributed by atoms with E-state index in [4.69, 9.17) is 9.54 Å². The van der Waals surface area contributed by atoms with Crippen LogP contribution in [0.15, 0.2) is 77.5 Å². The van der Waals surface area contributed by atoms with E-state index in [0.29, 0.717) is 12.1 Å². The number of nitrogens with zero attached hydrogens (tertiary/aromatic N) is 1. The summed E-state index contributed by atoms with van der Waals surface area (Å²) in [5.41, 5.74) is 2.35. The minimum Gasteiger partial charge on any atom is -0.465 e. The van der Waals surface area contributed by atoms with Gasteiger partial charge in [0.25, 0.3) is 0 Å². The minimum absolute atomic E-state index is 0.166. The number of hydrogen-bond donors (Lipinski definition) is 5. The van der Waals surface area contributed by atoms with E-state index < -0.39 is 34.4 Å². The normalized spacial score (nSPS) is 12.9. The van der Waals surface area contributed by atoms with Crippen LogP contribution in [0.4, 0.5) is 10.5 Å². The first kappa shape index (κ1) is 27.3. The topological polar surface area (TPSA) is 158 Å². The van der Waals surface area contributed by atoms with Gasteiger partial charge < -0.3 is 15.7 Å². The first-order valence-electron chi connectivity index (χ1n) is 11.3. The first-order chi connectivity index (χ1) is 18.2. The first-order valence-corrected chi connectivity index (χ1v) is 14.5. The second-order valence-electron chi connectivity index (χ2n) is 8.29. The van der Waals surface area contributed by atoms with Crippen molar-refractivity contribution in [3.8, 4) is 9.88 Å². The molecule has 0 unspecified atom stereocenters. The van der Waals surface area contributed by atoms with E-state index in [1.54, 1.807) is 23.5 Å². The van der Waals surface area contributed by atoms with Gasteiger partial charge in [-0.05, 0) is 41.1 Å². The fourth-order valence-electron chi connectivity index (χ4n) is 3.76. The van der Waals surface area contributed by atoms with Gasteiger partial charge in [-0.1, -0.05) is 48.5 Å². The maximum absolute atomic E-state index is 13.3. The van der Waals surface area contributed by atoms with Gasteiger partial charge in [0.05, 0.1) is 22.3 Å². The molecule has 0 aliphatic heterocycles. The SMILES string of the molecule is O=C(O)N[C@@H](Cc1ccccc1)C(=O)N[C@@H](Cc1ccc(NS(=O)(=O)O)cc1)c1csc(-c2cccs2)n1. The fraction of sp³-hybridized carbons (Fsp3) is 0.160. The lowest BCUT2D eigenvalue weighted by atomic mass is 10.0. The summed E-state index contributed by atoms with van der Waals surface area (Å²) in [5, 5.41) is 19.2. The molecule has 0 saturated heterocycles. The number of amides is 2. The third kappa shape index (κ3) is 7.86. The summed E-state index contributed by atoms with van der Waals surface area (Å²) in [6.45, 7) is 0. The van der Waals surface area contributed by atoms with Gasteiger partial charge in [0.2, 0.25) is 5.91 Å². The smallest absolute Gasteiger partial charge is 0.405 e. The third-order valence-corrected chi connectivity index (χ3v) is 7.86. The molecule has 2 amide bonds. The predicted molar refractivity (Wildman–Crippen MR) is 147 cm³/mol. The summed E-state index contributed by atoms with van der Waals surface area (Å²) in [4.78, 5) is 30.5. The number of benzene rings is 2. The van der Waals surface area contributed by atoms with Crippen LogP contribution in [0.5, 0.6) is 0 Å². The van der Waals surface area contributed by atoms with E-state index in [9.17, 15) is 23.1 Å². The molecule has 5 N–H and O–H groups in total. The molecule has 10 nitrogen and oxygen atoms in total. The Bertz CT molecular complexity index is 1470. The van der Waals surface area contributed by atoms with Crippen LogP contribution in [0.3, 0.4) is 0 Å². The van der Waals surface area contributed by atoms with Gasteiger partial charge in [-0.3, -0.25) is 14.1 Å². The monoisotopic (exact) mass is 572 g/mol. The summed E-state index contributed by atoms with van der Waals surface area (Å²) in [6.07, 6.45) is -0.844. The molecule has 13 heteroatoms. The van der Waals surface area contributed by atoms with Crippen molar-refractivity contribution in [2.45, 2.75) is 24.9 Å². The number of carbonyl (C=O) groups excluding carboxylic acids is 1. The minimum atomic E-state index is -4.41. The van der Waals surface area contributed by atoms with Crippen molar-refractivity contribution in [1.29, 1.82) is 0 Å². The van der Waals surface area contributed by atoms with E-state index in [2.05, 4.69) is 10.6 Å². The van der Waals surface area contributed by atoms with E-state index in [1.165, 1.54) is 23.5 Å². The van der Waals surface area contributed by atoms with E-state index >= 15 is 0 Å². The Balaban J connectivity index is 1.58. The molecule has 2 heterocycles. The van der Waals surface area contributed by atoms with Gasteiger partial charge in [0.1, 0.15) is 11.0 Å². The molecule has 4 rings (SSSR count). The van der Waals surface area contributed by atoms with Crippen LogP contribution in [-0.2, 0) is 27.9 Å². The van der Waals surface area contributed by atoms with Crippen LogP contribution < -0.4 is 15.4 Å². The third-order valence-electron chi connectivity index (χ3n) is 5.46. The Morgan fingerprint density at radius 2 is 1.61 bits per heavy atom. The number of carbonyl (C=O) groups is 2. The summed E-state index contributed by atoms with van der Waals surface area (Å²) in [7, 11) is -4.41. The summed E-state index contributed by atoms with van der Waals surface area (Å²) in [5.74, 6) is -0.503. The summed E-state index contributed by atoms with van der Waals surface area (Å²) in [6, 6.07) is 17.7. The summed E-state index contributed by atoms with van der Waals surface area (Å²) >= 11 is 2.98. The van der Waals surface area contributed by atoms with Crippen LogP contribution in [-0.4, -0.2) is 41.1 Å². The molecule has 2 aromatic heterocycles. The Labute approximate surface area is 227 Å². The zero-order valence-electron chi connectivity index (χ0n) is 19.8. The molecule has 0 aliphatic carbocycles. The number of rotatable bonds is 11. The maximum Gasteiger partial charge on any atom is 0.405 e. The number of anilines is 1. The second-order valence-corrected chi connectivity index (χ2v) is 11.2. The van der Waals surface area contributed by atoms with Crippen LogP contribution in [0.1, 0.15) is 22.9 Å². The number of aromatic nitrogens is 1. The standard InChI is InChI=1S/C25H24N4O6S3/c30-23(20(28-25(31)32)14-16-5-2-1-3-6-16)26-19(21-15-37-24(27-21)22-7-4-12-36-22)13-17-8-10-18(11-9-17)29-38(33,34)35/h1-12,15,19-20,28-29H,13-14H2,(H,26,30)(H,31,32)(H,33,34,35)/t19-,20-/m0/s1. The Hall–Kier alpha value is -3.78. The Morgan fingerprint density at radius 1 is 0.895 bits per heavy atom. The van der Waals surface area contributed by atoms with Crippen molar-refractivity contribution in [3.63, 3.8) is 0 Å². The molecule has 0 bridgehead atoms. The van der Waals surface area contributed by atoms with Crippen LogP contribution in [0.25, 0.3) is 9.88 Å². The Kier molecular flexibility index (Phi) is 8.73. The highest BCUT2D eigenvalue weighted by Crippen LogP contribution is 2.31. The van der Waals surface area contributed by atoms with Crippen molar-refractivity contribution >= 4 is 50.7 Å². The van der Waals surface area contributed by atoms with Gasteiger partial charge in [-0.25, -0.2) is 9.78 Å². The lowest BCUT2D eigenvalue weighted by Crippen LogP contribution is -2.48. The highest BCUT2D eigenvalue weighted by atomic mass is 32.2. The molecule has 2 atom stereocenters. The molecular formula is C25H24N4O6S3. The summed E-state index contributed by atoms with van der Waals surface area (Å²) < 4.78 is 33.1. The van der Waals surface area contributed by atoms with Gasteiger partial charge in [-0.15, -0.1) is 22.7 Å². The van der Waals surface area contributed by atoms with E-state index in [0.717, 1.165) is 21.0 Å². The van der Waals surface area contributed by atoms with E-state index in [1.807, 2.05) is 57.9 Å². The van der Waals surface area contributed by atoms with Gasteiger partial charge in [0, 0.05) is 11.8 Å². The zero-order valence-corrected chi connectivity index (χ0v) is 22.2. The lowest BCUT2D eigenvalue weighted by molar-refractivity contribution is -0.123. The molecule has 0 fully saturated rings. The van der Waals surface area contributed by atoms with Crippen LogP contribution in [0, 0.1) is 0 Å². The largest absolute Gasteiger partial charge is 0.465 e. The molecule has 0 radical (unpaired) electrons. The molecule has 198 valence electrons. The van der Waals surface area contributed by atoms with Crippen molar-refractivity contribution in [2.75, 3.05) is 4.72 Å². The van der Waals surface area contributed by atoms with Gasteiger partial charge in [0.15, 0.2) is 0 Å². The molecule has 38 heavy (non-hydrogen) atoms. The number of carboxylic acid groups (broad SMARTS) is 1. The molecule has 2 aromatic carbocycles. The molecule has 0 aliphatic rings. The highest BCUT2D eigenvalue weighted by molar-refractivity contribution is 7.87. The average Bonchev–Trinajstić information content (AvgIpc) is 3.56. The maximum atomic E-state index is 13.3. The van der Waals surface area contributed by atoms with Crippen molar-refractivity contribution < 1.29 is 27.7 Å². The van der Waals surface area contributed by atoms with E-state index in [-0.39, 0.29) is 12.1 Å². The molecule has 0 spiro atoms. The zero-order chi connectivity index (χ0) is 27.1. The van der Waals surface area contributed by atoms with Crippen LogP contribution in [0.2, 0.25) is 0 Å². The van der Waals surface area contributed by atoms with Crippen molar-refractivity contribution in [3.05, 3.63) is 94.3 Å². The number of thiazole rings is 1.